The van der Waals surface area contributed by atoms with Crippen LogP contribution in [0.25, 0.3) is 0 Å². The molecule has 0 unspecified atom stereocenters. The predicted molar refractivity (Wildman–Crippen MR) is 120 cm³/mol. The van der Waals surface area contributed by atoms with Gasteiger partial charge in [0.05, 0.1) is 18.8 Å². The van der Waals surface area contributed by atoms with Gasteiger partial charge in [-0.2, -0.15) is 5.10 Å². The molecule has 1 N–H and O–H groups in total. The van der Waals surface area contributed by atoms with Crippen molar-refractivity contribution in [1.29, 1.82) is 0 Å². The van der Waals surface area contributed by atoms with E-state index in [0.717, 1.165) is 17.0 Å². The van der Waals surface area contributed by atoms with Crippen molar-refractivity contribution in [2.45, 2.75) is 39.0 Å². The molecule has 1 aromatic heterocycles. The summed E-state index contributed by atoms with van der Waals surface area (Å²) >= 11 is 5.90. The zero-order valence-electron chi connectivity index (χ0n) is 17.7. The zero-order chi connectivity index (χ0) is 22.0. The summed E-state index contributed by atoms with van der Waals surface area (Å²) < 4.78 is 7.84. The summed E-state index contributed by atoms with van der Waals surface area (Å²) in [6, 6.07) is 16.7. The minimum atomic E-state index is -0.751. The van der Waals surface area contributed by atoms with Crippen molar-refractivity contribution in [3.8, 4) is 5.75 Å². The minimum Gasteiger partial charge on any atom is -0.488 e. The Labute approximate surface area is 187 Å². The summed E-state index contributed by atoms with van der Waals surface area (Å²) in [6.45, 7) is 5.44. The van der Waals surface area contributed by atoms with Crippen LogP contribution in [0.1, 0.15) is 33.7 Å². The lowest BCUT2D eigenvalue weighted by Crippen LogP contribution is -2.51. The molecule has 0 aliphatic carbocycles. The van der Waals surface area contributed by atoms with Gasteiger partial charge in [-0.15, -0.1) is 0 Å². The monoisotopic (exact) mass is 439 g/mol. The van der Waals surface area contributed by atoms with E-state index in [-0.39, 0.29) is 18.6 Å². The van der Waals surface area contributed by atoms with Crippen molar-refractivity contribution < 1.29 is 14.6 Å². The first kappa shape index (κ1) is 21.4. The fourth-order valence-corrected chi connectivity index (χ4v) is 3.99. The Morgan fingerprint density at radius 3 is 2.48 bits per heavy atom. The van der Waals surface area contributed by atoms with Crippen LogP contribution in [0.2, 0.25) is 5.02 Å². The lowest BCUT2D eigenvalue weighted by molar-refractivity contribution is -0.0198. The summed E-state index contributed by atoms with van der Waals surface area (Å²) in [5, 5.41) is 15.6. The average molecular weight is 440 g/mol. The molecule has 4 rings (SSSR count). The molecule has 1 amide bonds. The fourth-order valence-electron chi connectivity index (χ4n) is 3.86. The molecule has 6 nitrogen and oxygen atoms in total. The van der Waals surface area contributed by atoms with Crippen molar-refractivity contribution in [3.63, 3.8) is 0 Å². The number of benzene rings is 2. The van der Waals surface area contributed by atoms with E-state index >= 15 is 0 Å². The highest BCUT2D eigenvalue weighted by atomic mass is 35.5. The van der Waals surface area contributed by atoms with E-state index in [1.807, 2.05) is 48.9 Å². The Morgan fingerprint density at radius 1 is 1.16 bits per heavy atom. The maximum atomic E-state index is 12.9. The number of β-amino-alcohol motifs (C(OH)–C–C–N with tert-alkyl or cyclic N) is 1. The number of piperidine rings is 1. The number of nitrogens with zero attached hydrogens (tertiary/aromatic N) is 3. The average Bonchev–Trinajstić information content (AvgIpc) is 3.07. The van der Waals surface area contributed by atoms with Crippen LogP contribution in [0, 0.1) is 13.8 Å². The molecule has 0 bridgehead atoms. The zero-order valence-corrected chi connectivity index (χ0v) is 18.4. The number of aliphatic hydroxyl groups is 1. The molecule has 162 valence electrons. The third kappa shape index (κ3) is 5.09. The molecular formula is C24H26ClN3O3. The smallest absolute Gasteiger partial charge is 0.253 e. The van der Waals surface area contributed by atoms with E-state index < -0.39 is 6.10 Å². The van der Waals surface area contributed by atoms with Gasteiger partial charge >= 0.3 is 0 Å². The second-order valence-electron chi connectivity index (χ2n) is 8.00. The van der Waals surface area contributed by atoms with Gasteiger partial charge < -0.3 is 14.7 Å². The Balaban J connectivity index is 1.35. The van der Waals surface area contributed by atoms with E-state index in [0.29, 0.717) is 35.8 Å². The number of hydrogen-bond acceptors (Lipinski definition) is 4. The van der Waals surface area contributed by atoms with Gasteiger partial charge in [-0.25, -0.2) is 0 Å². The highest BCUT2D eigenvalue weighted by Crippen LogP contribution is 2.22. The molecule has 2 heterocycles. The lowest BCUT2D eigenvalue weighted by atomic mass is 10.0. The number of carbonyl (C=O) groups is 1. The summed E-state index contributed by atoms with van der Waals surface area (Å²) in [5.74, 6) is 0.577. The maximum absolute atomic E-state index is 12.9. The number of ether oxygens (including phenoxy) is 1. The number of rotatable bonds is 5. The van der Waals surface area contributed by atoms with Crippen molar-refractivity contribution in [2.24, 2.45) is 0 Å². The number of hydrogen-bond donors (Lipinski definition) is 1. The molecule has 1 saturated heterocycles. The van der Waals surface area contributed by atoms with Crippen LogP contribution in [0.5, 0.6) is 5.75 Å². The van der Waals surface area contributed by atoms with Gasteiger partial charge in [0.2, 0.25) is 0 Å². The van der Waals surface area contributed by atoms with Gasteiger partial charge in [0.25, 0.3) is 5.91 Å². The van der Waals surface area contributed by atoms with Crippen molar-refractivity contribution in [2.75, 3.05) is 13.1 Å². The highest BCUT2D eigenvalue weighted by molar-refractivity contribution is 6.30. The third-order valence-electron chi connectivity index (χ3n) is 5.55. The molecule has 0 radical (unpaired) electrons. The lowest BCUT2D eigenvalue weighted by Gasteiger charge is -2.36. The SMILES string of the molecule is Cc1cc(C)n(Cc2ccc(C(=O)N3CC[C@@H](Oc4ccc(Cl)cc4)[C@H](O)C3)cc2)n1. The van der Waals surface area contributed by atoms with E-state index in [2.05, 4.69) is 5.10 Å². The Bertz CT molecular complexity index is 1050. The molecule has 1 aliphatic heterocycles. The Kier molecular flexibility index (Phi) is 6.30. The second-order valence-corrected chi connectivity index (χ2v) is 8.44. The second kappa shape index (κ2) is 9.12. The van der Waals surface area contributed by atoms with Gasteiger partial charge in [0, 0.05) is 29.2 Å². The molecule has 0 saturated carbocycles. The van der Waals surface area contributed by atoms with Crippen LogP contribution < -0.4 is 4.74 Å². The normalized spacial score (nSPS) is 18.8. The molecule has 7 heteroatoms. The quantitative estimate of drug-likeness (QED) is 0.655. The first-order valence-corrected chi connectivity index (χ1v) is 10.8. The number of aliphatic hydroxyl groups excluding tert-OH is 1. The highest BCUT2D eigenvalue weighted by Gasteiger charge is 2.32. The van der Waals surface area contributed by atoms with Crippen molar-refractivity contribution in [1.82, 2.24) is 14.7 Å². The molecule has 1 aliphatic rings. The minimum absolute atomic E-state index is 0.0818. The van der Waals surface area contributed by atoms with Gasteiger partial charge in [0.1, 0.15) is 18.0 Å². The van der Waals surface area contributed by atoms with Crippen LogP contribution >= 0.6 is 11.6 Å². The van der Waals surface area contributed by atoms with Gasteiger partial charge in [-0.3, -0.25) is 9.48 Å². The number of aromatic nitrogens is 2. The summed E-state index contributed by atoms with van der Waals surface area (Å²) in [7, 11) is 0. The molecule has 2 aromatic carbocycles. The summed E-state index contributed by atoms with van der Waals surface area (Å²) in [5.41, 5.74) is 3.79. The van der Waals surface area contributed by atoms with Crippen LogP contribution in [0.3, 0.4) is 0 Å². The molecular weight excluding hydrogens is 414 g/mol. The fraction of sp³-hybridized carbons (Fsp3) is 0.333. The topological polar surface area (TPSA) is 67.6 Å². The van der Waals surface area contributed by atoms with E-state index in [1.54, 1.807) is 29.2 Å². The molecule has 2 atom stereocenters. The first-order chi connectivity index (χ1) is 14.9. The molecule has 31 heavy (non-hydrogen) atoms. The number of carbonyl (C=O) groups excluding carboxylic acids is 1. The summed E-state index contributed by atoms with van der Waals surface area (Å²) in [4.78, 5) is 14.6. The number of halogens is 1. The maximum Gasteiger partial charge on any atom is 0.253 e. The Morgan fingerprint density at radius 2 is 1.87 bits per heavy atom. The molecule has 1 fully saturated rings. The van der Waals surface area contributed by atoms with Crippen molar-refractivity contribution in [3.05, 3.63) is 82.1 Å². The molecule has 3 aromatic rings. The van der Waals surface area contributed by atoms with Crippen LogP contribution in [-0.2, 0) is 6.54 Å². The van der Waals surface area contributed by atoms with Crippen molar-refractivity contribution >= 4 is 17.5 Å². The van der Waals surface area contributed by atoms with Gasteiger partial charge in [-0.05, 0) is 61.9 Å². The largest absolute Gasteiger partial charge is 0.488 e. The summed E-state index contributed by atoms with van der Waals surface area (Å²) in [6.07, 6.45) is -0.544. The number of amides is 1. The van der Waals surface area contributed by atoms with Gasteiger partial charge in [0.15, 0.2) is 0 Å². The van der Waals surface area contributed by atoms with Crippen LogP contribution in [0.4, 0.5) is 0 Å². The van der Waals surface area contributed by atoms with E-state index in [4.69, 9.17) is 16.3 Å². The van der Waals surface area contributed by atoms with Gasteiger partial charge in [-0.1, -0.05) is 23.7 Å². The van der Waals surface area contributed by atoms with Crippen LogP contribution in [-0.4, -0.2) is 51.0 Å². The number of likely N-dealkylation sites (tertiary alicyclic amines) is 1. The third-order valence-corrected chi connectivity index (χ3v) is 5.80. The predicted octanol–water partition coefficient (Wildman–Crippen LogP) is 3.86. The van der Waals surface area contributed by atoms with Crippen LogP contribution in [0.15, 0.2) is 54.6 Å². The number of aryl methyl sites for hydroxylation is 2. The molecule has 0 spiro atoms. The standard InChI is InChI=1S/C24H26ClN3O3/c1-16-13-17(2)28(26-16)14-18-3-5-19(6-4-18)24(30)27-12-11-23(22(29)15-27)31-21-9-7-20(25)8-10-21/h3-10,13,22-23,29H,11-12,14-15H2,1-2H3/t22-,23-/m1/s1. The first-order valence-electron chi connectivity index (χ1n) is 10.4. The van der Waals surface area contributed by atoms with E-state index in [9.17, 15) is 9.90 Å². The Hall–Kier alpha value is -2.83. The van der Waals surface area contributed by atoms with E-state index in [1.165, 1.54) is 0 Å².